The quantitative estimate of drug-likeness (QED) is 0.414. The van der Waals surface area contributed by atoms with E-state index in [1.165, 1.54) is 12.1 Å². The van der Waals surface area contributed by atoms with Crippen LogP contribution in [0.2, 0.25) is 0 Å². The second-order valence-electron chi connectivity index (χ2n) is 7.21. The Bertz CT molecular complexity index is 1550. The minimum absolute atomic E-state index is 0.293. The second-order valence-corrected chi connectivity index (χ2v) is 7.21. The molecule has 0 amide bonds. The van der Waals surface area contributed by atoms with Crippen molar-refractivity contribution in [1.29, 1.82) is 0 Å². The SMILES string of the molecule is Fc1cccc(-c2nccc3[nH]c(-c4n[nH]c5ccc(-c6ccncc6)nc45)cc23)c1. The van der Waals surface area contributed by atoms with Crippen molar-refractivity contribution in [1.82, 2.24) is 30.1 Å². The first-order chi connectivity index (χ1) is 15.3. The predicted molar refractivity (Wildman–Crippen MR) is 118 cm³/mol. The van der Waals surface area contributed by atoms with Gasteiger partial charge in [0, 0.05) is 40.6 Å². The largest absolute Gasteiger partial charge is 0.353 e. The molecule has 0 saturated carbocycles. The summed E-state index contributed by atoms with van der Waals surface area (Å²) in [6.07, 6.45) is 5.21. The molecule has 148 valence electrons. The number of fused-ring (bicyclic) bond motifs is 2. The van der Waals surface area contributed by atoms with Gasteiger partial charge in [0.25, 0.3) is 0 Å². The molecule has 6 aromatic rings. The van der Waals surface area contributed by atoms with Gasteiger partial charge in [-0.1, -0.05) is 12.1 Å². The molecule has 7 heteroatoms. The number of aromatic nitrogens is 6. The molecule has 0 aliphatic carbocycles. The number of H-pyrrole nitrogens is 2. The Morgan fingerprint density at radius 3 is 2.55 bits per heavy atom. The molecule has 31 heavy (non-hydrogen) atoms. The van der Waals surface area contributed by atoms with Crippen molar-refractivity contribution in [3.63, 3.8) is 0 Å². The van der Waals surface area contributed by atoms with Gasteiger partial charge in [0.1, 0.15) is 17.0 Å². The van der Waals surface area contributed by atoms with E-state index in [1.54, 1.807) is 24.7 Å². The van der Waals surface area contributed by atoms with Crippen molar-refractivity contribution >= 4 is 21.9 Å². The van der Waals surface area contributed by atoms with E-state index in [2.05, 4.69) is 25.1 Å². The maximum absolute atomic E-state index is 13.8. The molecule has 0 radical (unpaired) electrons. The van der Waals surface area contributed by atoms with Gasteiger partial charge in [-0.15, -0.1) is 0 Å². The highest BCUT2D eigenvalue weighted by molar-refractivity contribution is 5.99. The summed E-state index contributed by atoms with van der Waals surface area (Å²) >= 11 is 0. The van der Waals surface area contributed by atoms with Crippen LogP contribution in [0.3, 0.4) is 0 Å². The van der Waals surface area contributed by atoms with Crippen LogP contribution < -0.4 is 0 Å². The van der Waals surface area contributed by atoms with E-state index < -0.39 is 0 Å². The third-order valence-electron chi connectivity index (χ3n) is 5.29. The van der Waals surface area contributed by atoms with Gasteiger partial charge in [-0.2, -0.15) is 5.10 Å². The van der Waals surface area contributed by atoms with Crippen molar-refractivity contribution in [2.75, 3.05) is 0 Å². The molecule has 0 aliphatic rings. The molecule has 5 heterocycles. The molecule has 0 spiro atoms. The summed E-state index contributed by atoms with van der Waals surface area (Å²) in [5, 5.41) is 8.45. The number of rotatable bonds is 3. The van der Waals surface area contributed by atoms with Crippen LogP contribution in [-0.4, -0.2) is 30.1 Å². The number of hydrogen-bond donors (Lipinski definition) is 2. The minimum atomic E-state index is -0.293. The van der Waals surface area contributed by atoms with Gasteiger partial charge in [0.05, 0.1) is 22.6 Å². The number of nitrogens with one attached hydrogen (secondary N) is 2. The van der Waals surface area contributed by atoms with E-state index in [1.807, 2.05) is 42.5 Å². The predicted octanol–water partition coefficient (Wildman–Crippen LogP) is 5.37. The van der Waals surface area contributed by atoms with Crippen molar-refractivity contribution in [3.05, 3.63) is 85.1 Å². The Morgan fingerprint density at radius 2 is 1.68 bits per heavy atom. The maximum atomic E-state index is 13.8. The Labute approximate surface area is 175 Å². The van der Waals surface area contributed by atoms with Gasteiger partial charge in [-0.3, -0.25) is 15.1 Å². The lowest BCUT2D eigenvalue weighted by Gasteiger charge is -2.02. The molecular weight excluding hydrogens is 391 g/mol. The average molecular weight is 406 g/mol. The van der Waals surface area contributed by atoms with Crippen LogP contribution >= 0.6 is 0 Å². The van der Waals surface area contributed by atoms with Crippen LogP contribution in [0.15, 0.2) is 79.3 Å². The van der Waals surface area contributed by atoms with Crippen LogP contribution in [0, 0.1) is 5.82 Å². The highest BCUT2D eigenvalue weighted by Gasteiger charge is 2.16. The third kappa shape index (κ3) is 2.95. The normalized spacial score (nSPS) is 11.4. The molecule has 2 N–H and O–H groups in total. The zero-order valence-corrected chi connectivity index (χ0v) is 16.2. The maximum Gasteiger partial charge on any atom is 0.135 e. The number of nitrogens with zero attached hydrogens (tertiary/aromatic N) is 4. The fourth-order valence-electron chi connectivity index (χ4n) is 3.82. The van der Waals surface area contributed by atoms with Crippen LogP contribution in [-0.2, 0) is 0 Å². The monoisotopic (exact) mass is 406 g/mol. The number of halogens is 1. The summed E-state index contributed by atoms with van der Waals surface area (Å²) in [5.41, 5.74) is 7.29. The molecule has 0 atom stereocenters. The van der Waals surface area contributed by atoms with Gasteiger partial charge in [0.15, 0.2) is 0 Å². The molecular formula is C24H15FN6. The lowest BCUT2D eigenvalue weighted by molar-refractivity contribution is 0.628. The average Bonchev–Trinajstić information content (AvgIpc) is 3.43. The fraction of sp³-hybridized carbons (Fsp3) is 0. The van der Waals surface area contributed by atoms with E-state index in [4.69, 9.17) is 4.98 Å². The van der Waals surface area contributed by atoms with E-state index >= 15 is 0 Å². The molecule has 0 unspecified atom stereocenters. The first-order valence-electron chi connectivity index (χ1n) is 9.76. The van der Waals surface area contributed by atoms with Crippen molar-refractivity contribution in [2.24, 2.45) is 0 Å². The molecule has 5 aromatic heterocycles. The van der Waals surface area contributed by atoms with Gasteiger partial charge in [-0.05, 0) is 48.5 Å². The van der Waals surface area contributed by atoms with Gasteiger partial charge < -0.3 is 4.98 Å². The molecule has 6 nitrogen and oxygen atoms in total. The standard InChI is InChI=1S/C24H15FN6/c25-16-3-1-2-15(12-16)22-17-13-21(28-19(17)8-11-27-22)24-23-20(30-31-24)5-4-18(29-23)14-6-9-26-10-7-14/h1-13,28H,(H,30,31). The zero-order chi connectivity index (χ0) is 20.8. The first-order valence-corrected chi connectivity index (χ1v) is 9.76. The topological polar surface area (TPSA) is 83.1 Å². The highest BCUT2D eigenvalue weighted by atomic mass is 19.1. The summed E-state index contributed by atoms with van der Waals surface area (Å²) in [6, 6.07) is 18.1. The number of hydrogen-bond acceptors (Lipinski definition) is 4. The zero-order valence-electron chi connectivity index (χ0n) is 16.2. The summed E-state index contributed by atoms with van der Waals surface area (Å²) in [4.78, 5) is 16.8. The summed E-state index contributed by atoms with van der Waals surface area (Å²) in [7, 11) is 0. The first kappa shape index (κ1) is 17.5. The minimum Gasteiger partial charge on any atom is -0.353 e. The van der Waals surface area contributed by atoms with Crippen LogP contribution in [0.4, 0.5) is 4.39 Å². The van der Waals surface area contributed by atoms with Crippen LogP contribution in [0.25, 0.3) is 55.8 Å². The van der Waals surface area contributed by atoms with Crippen LogP contribution in [0.1, 0.15) is 0 Å². The highest BCUT2D eigenvalue weighted by Crippen LogP contribution is 2.33. The molecule has 0 bridgehead atoms. The summed E-state index contributed by atoms with van der Waals surface area (Å²) in [5.74, 6) is -0.293. The van der Waals surface area contributed by atoms with Crippen molar-refractivity contribution in [2.45, 2.75) is 0 Å². The van der Waals surface area contributed by atoms with Crippen molar-refractivity contribution < 1.29 is 4.39 Å². The lowest BCUT2D eigenvalue weighted by Crippen LogP contribution is -1.86. The summed E-state index contributed by atoms with van der Waals surface area (Å²) < 4.78 is 13.8. The Balaban J connectivity index is 1.52. The smallest absolute Gasteiger partial charge is 0.135 e. The molecule has 1 aromatic carbocycles. The number of aromatic amines is 2. The molecule has 0 aliphatic heterocycles. The number of benzene rings is 1. The fourth-order valence-corrected chi connectivity index (χ4v) is 3.82. The van der Waals surface area contributed by atoms with Crippen molar-refractivity contribution in [3.8, 4) is 33.9 Å². The van der Waals surface area contributed by atoms with Gasteiger partial charge in [0.2, 0.25) is 0 Å². The Kier molecular flexibility index (Phi) is 3.86. The lowest BCUT2D eigenvalue weighted by atomic mass is 10.1. The van der Waals surface area contributed by atoms with E-state index in [0.29, 0.717) is 11.4 Å². The second kappa shape index (κ2) is 6.84. The Hall–Kier alpha value is -4.39. The van der Waals surface area contributed by atoms with E-state index in [9.17, 15) is 4.39 Å². The molecule has 0 saturated heterocycles. The Morgan fingerprint density at radius 1 is 0.774 bits per heavy atom. The third-order valence-corrected chi connectivity index (χ3v) is 5.29. The van der Waals surface area contributed by atoms with Crippen LogP contribution in [0.5, 0.6) is 0 Å². The number of pyridine rings is 3. The summed E-state index contributed by atoms with van der Waals surface area (Å²) in [6.45, 7) is 0. The molecule has 0 fully saturated rings. The van der Waals surface area contributed by atoms with E-state index in [0.717, 1.165) is 44.5 Å². The van der Waals surface area contributed by atoms with Gasteiger partial charge in [-0.25, -0.2) is 9.37 Å². The van der Waals surface area contributed by atoms with Gasteiger partial charge >= 0.3 is 0 Å². The van der Waals surface area contributed by atoms with E-state index in [-0.39, 0.29) is 5.82 Å². The molecule has 6 rings (SSSR count).